The molecule has 1 fully saturated rings. The lowest BCUT2D eigenvalue weighted by Gasteiger charge is -2.38. The molecular formula is C29H30N4O4. The van der Waals surface area contributed by atoms with Crippen molar-refractivity contribution in [1.82, 2.24) is 19.8 Å². The zero-order valence-electron chi connectivity index (χ0n) is 20.7. The van der Waals surface area contributed by atoms with Crippen molar-refractivity contribution in [3.8, 4) is 0 Å². The van der Waals surface area contributed by atoms with Gasteiger partial charge in [0, 0.05) is 49.3 Å². The zero-order valence-corrected chi connectivity index (χ0v) is 20.7. The van der Waals surface area contributed by atoms with Gasteiger partial charge in [-0.25, -0.2) is 0 Å². The highest BCUT2D eigenvalue weighted by Gasteiger charge is 2.57. The monoisotopic (exact) mass is 498 g/mol. The topological polar surface area (TPSA) is 105 Å². The van der Waals surface area contributed by atoms with Gasteiger partial charge < -0.3 is 19.9 Å². The Morgan fingerprint density at radius 1 is 1.11 bits per heavy atom. The second-order valence-electron chi connectivity index (χ2n) is 9.50. The van der Waals surface area contributed by atoms with Crippen LogP contribution in [-0.2, 0) is 11.3 Å². The fourth-order valence-electron chi connectivity index (χ4n) is 5.58. The molecule has 0 unspecified atom stereocenters. The molecule has 2 aliphatic rings. The maximum atomic E-state index is 13.7. The van der Waals surface area contributed by atoms with Crippen molar-refractivity contribution in [3.63, 3.8) is 0 Å². The van der Waals surface area contributed by atoms with Gasteiger partial charge in [0.1, 0.15) is 0 Å². The smallest absolute Gasteiger partial charge is 0.258 e. The van der Waals surface area contributed by atoms with Crippen molar-refractivity contribution >= 4 is 24.0 Å². The minimum absolute atomic E-state index is 0.181. The van der Waals surface area contributed by atoms with Gasteiger partial charge in [0.2, 0.25) is 5.91 Å². The van der Waals surface area contributed by atoms with E-state index in [1.165, 1.54) is 6.20 Å². The van der Waals surface area contributed by atoms with E-state index in [9.17, 15) is 19.5 Å². The lowest BCUT2D eigenvalue weighted by atomic mass is 9.86. The zero-order chi connectivity index (χ0) is 25.9. The summed E-state index contributed by atoms with van der Waals surface area (Å²) in [6.07, 6.45) is 7.53. The number of fused-ring (bicyclic) bond motifs is 4. The van der Waals surface area contributed by atoms with Crippen molar-refractivity contribution in [1.29, 1.82) is 0 Å². The summed E-state index contributed by atoms with van der Waals surface area (Å²) in [7, 11) is 0. The van der Waals surface area contributed by atoms with E-state index >= 15 is 0 Å². The number of carbonyl (C=O) groups is 2. The minimum atomic E-state index is -0.680. The molecule has 2 bridgehead atoms. The van der Waals surface area contributed by atoms with E-state index < -0.39 is 23.9 Å². The summed E-state index contributed by atoms with van der Waals surface area (Å²) < 4.78 is 1.67. The Hall–Kier alpha value is -4.04. The number of amides is 2. The van der Waals surface area contributed by atoms with E-state index in [4.69, 9.17) is 0 Å². The minimum Gasteiger partial charge on any atom is -0.396 e. The number of rotatable bonds is 7. The maximum absolute atomic E-state index is 13.7. The molecule has 4 atom stereocenters. The van der Waals surface area contributed by atoms with Crippen LogP contribution in [0.4, 0.5) is 0 Å². The van der Waals surface area contributed by atoms with Gasteiger partial charge in [-0.15, -0.1) is 0 Å². The molecule has 3 aromatic rings. The highest BCUT2D eigenvalue weighted by Crippen LogP contribution is 2.48. The molecule has 2 aromatic heterocycles. The van der Waals surface area contributed by atoms with Crippen LogP contribution in [0.2, 0.25) is 0 Å². The summed E-state index contributed by atoms with van der Waals surface area (Å²) in [4.78, 5) is 46.4. The molecule has 2 N–H and O–H groups in total. The predicted molar refractivity (Wildman–Crippen MR) is 140 cm³/mol. The number of pyridine rings is 2. The standard InChI is InChI=1S/C29H30N4O4/c1-2-14-31-27(35)25-22(18-34)24-17-32-23(26(25)33(24)29(37)21-9-6-15-30-16-21)13-12-20(28(32)36)11-10-19-7-4-3-5-8-19/h3-13,15-16,22,24-26,34H,2,14,17-18H2,1H3,(H,31,35)/b11-10+/t22-,24-,25+,26+/m1/s1. The Labute approximate surface area is 215 Å². The number of nitrogens with zero attached hydrogens (tertiary/aromatic N) is 3. The molecule has 5 rings (SSSR count). The largest absolute Gasteiger partial charge is 0.396 e. The first kappa shape index (κ1) is 24.6. The van der Waals surface area contributed by atoms with E-state index in [0.717, 1.165) is 12.0 Å². The van der Waals surface area contributed by atoms with Crippen LogP contribution >= 0.6 is 0 Å². The SMILES string of the molecule is CCCNC(=O)[C@H]1[C@H](CO)[C@H]2Cn3c(ccc(/C=C/c4ccccc4)c3=O)[C@@H]1N2C(=O)c1cccnc1. The summed E-state index contributed by atoms with van der Waals surface area (Å²) in [5, 5.41) is 13.4. The van der Waals surface area contributed by atoms with Crippen LogP contribution in [0, 0.1) is 11.8 Å². The van der Waals surface area contributed by atoms with Gasteiger partial charge in [0.05, 0.1) is 23.6 Å². The summed E-state index contributed by atoms with van der Waals surface area (Å²) in [6, 6.07) is 15.5. The van der Waals surface area contributed by atoms with E-state index in [-0.39, 0.29) is 30.5 Å². The second-order valence-corrected chi connectivity index (χ2v) is 9.50. The molecule has 0 aliphatic carbocycles. The molecule has 1 saturated heterocycles. The number of aliphatic hydroxyl groups excluding tert-OH is 1. The van der Waals surface area contributed by atoms with Gasteiger partial charge in [0.25, 0.3) is 11.5 Å². The van der Waals surface area contributed by atoms with E-state index in [1.807, 2.05) is 49.4 Å². The van der Waals surface area contributed by atoms with Crippen LogP contribution in [0.25, 0.3) is 12.2 Å². The van der Waals surface area contributed by atoms with Crippen LogP contribution < -0.4 is 10.9 Å². The summed E-state index contributed by atoms with van der Waals surface area (Å²) in [6.45, 7) is 2.39. The molecule has 8 nitrogen and oxygen atoms in total. The third-order valence-electron chi connectivity index (χ3n) is 7.32. The van der Waals surface area contributed by atoms with Crippen molar-refractivity contribution < 1.29 is 14.7 Å². The molecule has 2 aliphatic heterocycles. The van der Waals surface area contributed by atoms with Crippen molar-refractivity contribution in [2.75, 3.05) is 13.2 Å². The number of benzene rings is 1. The molecule has 190 valence electrons. The molecule has 0 saturated carbocycles. The number of nitrogens with one attached hydrogen (secondary N) is 1. The Morgan fingerprint density at radius 2 is 1.92 bits per heavy atom. The highest BCUT2D eigenvalue weighted by molar-refractivity contribution is 5.95. The second kappa shape index (κ2) is 10.5. The third kappa shape index (κ3) is 4.49. The summed E-state index contributed by atoms with van der Waals surface area (Å²) >= 11 is 0. The van der Waals surface area contributed by atoms with Crippen molar-refractivity contribution in [2.24, 2.45) is 11.8 Å². The molecule has 37 heavy (non-hydrogen) atoms. The number of hydrogen-bond acceptors (Lipinski definition) is 5. The van der Waals surface area contributed by atoms with E-state index in [0.29, 0.717) is 23.4 Å². The van der Waals surface area contributed by atoms with Gasteiger partial charge in [0.15, 0.2) is 0 Å². The number of carbonyl (C=O) groups excluding carboxylic acids is 2. The van der Waals surface area contributed by atoms with Crippen LogP contribution in [0.3, 0.4) is 0 Å². The molecular weight excluding hydrogens is 468 g/mol. The quantitative estimate of drug-likeness (QED) is 0.521. The van der Waals surface area contributed by atoms with Gasteiger partial charge in [-0.1, -0.05) is 43.3 Å². The number of hydrogen-bond donors (Lipinski definition) is 2. The van der Waals surface area contributed by atoms with Crippen molar-refractivity contribution in [2.45, 2.75) is 32.0 Å². The molecule has 0 radical (unpaired) electrons. The molecule has 8 heteroatoms. The van der Waals surface area contributed by atoms with Crippen LogP contribution in [0.1, 0.15) is 46.6 Å². The lowest BCUT2D eigenvalue weighted by molar-refractivity contribution is -0.127. The summed E-state index contributed by atoms with van der Waals surface area (Å²) in [5.74, 6) is -1.67. The average molecular weight is 499 g/mol. The van der Waals surface area contributed by atoms with E-state index in [2.05, 4.69) is 10.3 Å². The fraction of sp³-hybridized carbons (Fsp3) is 0.310. The lowest BCUT2D eigenvalue weighted by Crippen LogP contribution is -2.49. The number of aliphatic hydroxyl groups is 1. The number of aromatic nitrogens is 2. The fourth-order valence-corrected chi connectivity index (χ4v) is 5.58. The first-order valence-electron chi connectivity index (χ1n) is 12.6. The van der Waals surface area contributed by atoms with Crippen molar-refractivity contribution in [3.05, 3.63) is 99.7 Å². The normalized spacial score (nSPS) is 22.2. The Bertz CT molecular complexity index is 1370. The van der Waals surface area contributed by atoms with Crippen LogP contribution in [-0.4, -0.2) is 50.6 Å². The third-order valence-corrected chi connectivity index (χ3v) is 7.32. The van der Waals surface area contributed by atoms with E-state index in [1.54, 1.807) is 39.9 Å². The molecule has 1 aromatic carbocycles. The average Bonchev–Trinajstić information content (AvgIpc) is 3.18. The molecule has 4 heterocycles. The van der Waals surface area contributed by atoms with Gasteiger partial charge >= 0.3 is 0 Å². The first-order chi connectivity index (χ1) is 18.0. The Balaban J connectivity index is 1.59. The Morgan fingerprint density at radius 3 is 2.62 bits per heavy atom. The van der Waals surface area contributed by atoms with Gasteiger partial charge in [-0.3, -0.25) is 19.4 Å². The van der Waals surface area contributed by atoms with Crippen LogP contribution in [0.5, 0.6) is 0 Å². The highest BCUT2D eigenvalue weighted by atomic mass is 16.3. The molecule has 2 amide bonds. The van der Waals surface area contributed by atoms with Crippen LogP contribution in [0.15, 0.2) is 71.8 Å². The summed E-state index contributed by atoms with van der Waals surface area (Å²) in [5.41, 5.74) is 2.32. The van der Waals surface area contributed by atoms with Gasteiger partial charge in [-0.05, 0) is 42.3 Å². The molecule has 0 spiro atoms. The first-order valence-corrected chi connectivity index (χ1v) is 12.6. The maximum Gasteiger partial charge on any atom is 0.258 e. The predicted octanol–water partition coefficient (Wildman–Crippen LogP) is 2.74. The Kier molecular flexibility index (Phi) is 7.01. The van der Waals surface area contributed by atoms with Gasteiger partial charge in [-0.2, -0.15) is 0 Å².